The van der Waals surface area contributed by atoms with Crippen LogP contribution in [0.25, 0.3) is 10.8 Å². The van der Waals surface area contributed by atoms with Crippen LogP contribution in [0.2, 0.25) is 0 Å². The summed E-state index contributed by atoms with van der Waals surface area (Å²) >= 11 is 0. The van der Waals surface area contributed by atoms with Crippen LogP contribution >= 0.6 is 0 Å². The average Bonchev–Trinajstić information content (AvgIpc) is 2.83. The summed E-state index contributed by atoms with van der Waals surface area (Å²) in [5.74, 6) is 0.549. The fourth-order valence-corrected chi connectivity index (χ4v) is 4.13. The van der Waals surface area contributed by atoms with E-state index in [9.17, 15) is 23.1 Å². The van der Waals surface area contributed by atoms with Crippen molar-refractivity contribution in [2.75, 3.05) is 29.9 Å². The number of nitrogens with zero attached hydrogens (tertiary/aromatic N) is 5. The lowest BCUT2D eigenvalue weighted by molar-refractivity contribution is -0.00860. The van der Waals surface area contributed by atoms with E-state index in [0.29, 0.717) is 34.9 Å². The number of aliphatic hydroxyl groups is 1. The highest BCUT2D eigenvalue weighted by Gasteiger charge is 2.39. The summed E-state index contributed by atoms with van der Waals surface area (Å²) in [5.41, 5.74) is -0.899. The average molecular weight is 504 g/mol. The molecule has 4 rings (SSSR count). The molecule has 36 heavy (non-hydrogen) atoms. The first-order valence-electron chi connectivity index (χ1n) is 11.6. The smallest absolute Gasteiger partial charge is 0.270 e. The van der Waals surface area contributed by atoms with Gasteiger partial charge in [-0.05, 0) is 42.3 Å². The molecule has 0 aromatic carbocycles. The SMILES string of the molecule is CC(C)c1cnc(C(=O)NCC(F)F)c2cnc(Nc3ccnc(N4CC[C@@H](O)[C@@](C)(F)C4)n3)cc12. The molecule has 9 nitrogen and oxygen atoms in total. The lowest BCUT2D eigenvalue weighted by atomic mass is 9.94. The van der Waals surface area contributed by atoms with E-state index in [4.69, 9.17) is 0 Å². The zero-order valence-corrected chi connectivity index (χ0v) is 20.2. The lowest BCUT2D eigenvalue weighted by Crippen LogP contribution is -2.52. The third kappa shape index (κ3) is 5.48. The Morgan fingerprint density at radius 3 is 2.69 bits per heavy atom. The fourth-order valence-electron chi connectivity index (χ4n) is 4.13. The Hall–Kier alpha value is -3.54. The van der Waals surface area contributed by atoms with E-state index in [1.165, 1.54) is 13.1 Å². The minimum atomic E-state index is -2.67. The Bertz CT molecular complexity index is 1260. The van der Waals surface area contributed by atoms with E-state index in [-0.39, 0.29) is 24.6 Å². The maximum Gasteiger partial charge on any atom is 0.270 e. The van der Waals surface area contributed by atoms with Crippen LogP contribution in [0.5, 0.6) is 0 Å². The van der Waals surface area contributed by atoms with Gasteiger partial charge in [0.1, 0.15) is 17.3 Å². The highest BCUT2D eigenvalue weighted by Crippen LogP contribution is 2.30. The molecule has 3 N–H and O–H groups in total. The molecule has 1 fully saturated rings. The Morgan fingerprint density at radius 1 is 1.22 bits per heavy atom. The first-order valence-corrected chi connectivity index (χ1v) is 11.6. The maximum absolute atomic E-state index is 14.6. The normalized spacial score (nSPS) is 20.2. The summed E-state index contributed by atoms with van der Waals surface area (Å²) in [6.45, 7) is 4.92. The van der Waals surface area contributed by atoms with Gasteiger partial charge < -0.3 is 20.6 Å². The van der Waals surface area contributed by atoms with Gasteiger partial charge in [0.15, 0.2) is 5.67 Å². The molecule has 1 amide bonds. The summed E-state index contributed by atoms with van der Waals surface area (Å²) in [6.07, 6.45) is 1.13. The Labute approximate surface area is 206 Å². The number of piperidine rings is 1. The summed E-state index contributed by atoms with van der Waals surface area (Å²) in [7, 11) is 0. The largest absolute Gasteiger partial charge is 0.390 e. The monoisotopic (exact) mass is 503 g/mol. The van der Waals surface area contributed by atoms with E-state index < -0.39 is 30.7 Å². The fraction of sp³-hybridized carbons (Fsp3) is 0.458. The number of hydrogen-bond acceptors (Lipinski definition) is 8. The van der Waals surface area contributed by atoms with Crippen LogP contribution in [0.15, 0.2) is 30.7 Å². The van der Waals surface area contributed by atoms with Gasteiger partial charge in [-0.25, -0.2) is 23.1 Å². The van der Waals surface area contributed by atoms with E-state index in [2.05, 4.69) is 30.6 Å². The highest BCUT2D eigenvalue weighted by molar-refractivity contribution is 6.06. The van der Waals surface area contributed by atoms with Gasteiger partial charge in [-0.3, -0.25) is 9.78 Å². The van der Waals surface area contributed by atoms with Crippen molar-refractivity contribution >= 4 is 34.3 Å². The first kappa shape index (κ1) is 25.5. The van der Waals surface area contributed by atoms with Crippen LogP contribution in [0.3, 0.4) is 0 Å². The van der Waals surface area contributed by atoms with Crippen LogP contribution in [-0.2, 0) is 0 Å². The molecule has 1 aliphatic rings. The third-order valence-electron chi connectivity index (χ3n) is 6.11. The number of hydrogen-bond donors (Lipinski definition) is 3. The molecule has 0 saturated carbocycles. The Balaban J connectivity index is 1.62. The third-order valence-corrected chi connectivity index (χ3v) is 6.11. The van der Waals surface area contributed by atoms with Crippen molar-refractivity contribution in [2.24, 2.45) is 0 Å². The number of anilines is 3. The second-order valence-electron chi connectivity index (χ2n) is 9.30. The number of carbonyl (C=O) groups is 1. The van der Waals surface area contributed by atoms with Crippen molar-refractivity contribution in [2.45, 2.75) is 51.3 Å². The Morgan fingerprint density at radius 2 is 2.00 bits per heavy atom. The second-order valence-corrected chi connectivity index (χ2v) is 9.30. The molecule has 0 aliphatic carbocycles. The van der Waals surface area contributed by atoms with Gasteiger partial charge in [-0.1, -0.05) is 13.8 Å². The highest BCUT2D eigenvalue weighted by atomic mass is 19.3. The molecule has 1 aliphatic heterocycles. The molecular weight excluding hydrogens is 475 g/mol. The summed E-state index contributed by atoms with van der Waals surface area (Å²) in [6, 6.07) is 3.38. The molecule has 0 spiro atoms. The Kier molecular flexibility index (Phi) is 7.25. The van der Waals surface area contributed by atoms with E-state index in [0.717, 1.165) is 5.56 Å². The molecule has 12 heteroatoms. The number of alkyl halides is 3. The predicted molar refractivity (Wildman–Crippen MR) is 130 cm³/mol. The standard InChI is InChI=1S/C24H28F3N7O2/c1-13(2)15-9-30-21(22(36)31-11-18(25)26)16-10-29-20(8-14(15)16)32-19-4-6-28-23(33-19)34-7-5-17(35)24(3,27)12-34/h4,6,8-10,13,17-18,35H,5,7,11-12H2,1-3H3,(H,31,36)(H,28,29,32,33)/t17-,24+/m1/s1. The van der Waals surface area contributed by atoms with Gasteiger partial charge in [0, 0.05) is 30.5 Å². The maximum atomic E-state index is 14.6. The molecule has 0 radical (unpaired) electrons. The van der Waals surface area contributed by atoms with Gasteiger partial charge in [0.25, 0.3) is 12.3 Å². The van der Waals surface area contributed by atoms with Crippen molar-refractivity contribution < 1.29 is 23.1 Å². The molecule has 2 atom stereocenters. The van der Waals surface area contributed by atoms with Gasteiger partial charge in [0.05, 0.1) is 19.2 Å². The number of carbonyl (C=O) groups excluding carboxylic acids is 1. The van der Waals surface area contributed by atoms with Crippen molar-refractivity contribution in [3.63, 3.8) is 0 Å². The minimum absolute atomic E-state index is 0.0139. The molecular formula is C24H28F3N7O2. The zero-order valence-electron chi connectivity index (χ0n) is 20.2. The number of aromatic nitrogens is 4. The number of halogens is 3. The first-order chi connectivity index (χ1) is 17.0. The van der Waals surface area contributed by atoms with Crippen molar-refractivity contribution in [3.8, 4) is 0 Å². The van der Waals surface area contributed by atoms with E-state index in [1.807, 2.05) is 13.8 Å². The van der Waals surface area contributed by atoms with Gasteiger partial charge >= 0.3 is 0 Å². The molecule has 1 saturated heterocycles. The van der Waals surface area contributed by atoms with Crippen molar-refractivity contribution in [1.29, 1.82) is 0 Å². The lowest BCUT2D eigenvalue weighted by Gasteiger charge is -2.38. The molecule has 0 unspecified atom stereocenters. The summed E-state index contributed by atoms with van der Waals surface area (Å²) < 4.78 is 39.7. The number of aliphatic hydroxyl groups excluding tert-OH is 1. The van der Waals surface area contributed by atoms with Crippen molar-refractivity contribution in [1.82, 2.24) is 25.3 Å². The number of amides is 1. The van der Waals surface area contributed by atoms with Gasteiger partial charge in [-0.15, -0.1) is 0 Å². The van der Waals surface area contributed by atoms with E-state index >= 15 is 0 Å². The van der Waals surface area contributed by atoms with Crippen molar-refractivity contribution in [3.05, 3.63) is 42.0 Å². The predicted octanol–water partition coefficient (Wildman–Crippen LogP) is 3.58. The van der Waals surface area contributed by atoms with Gasteiger partial charge in [0.2, 0.25) is 5.95 Å². The number of fused-ring (bicyclic) bond motifs is 1. The molecule has 4 heterocycles. The molecule has 192 valence electrons. The number of nitrogens with one attached hydrogen (secondary N) is 2. The quantitative estimate of drug-likeness (QED) is 0.448. The molecule has 3 aromatic rings. The van der Waals surface area contributed by atoms with E-state index in [1.54, 1.807) is 29.4 Å². The number of rotatable bonds is 7. The molecule has 3 aromatic heterocycles. The number of pyridine rings is 2. The minimum Gasteiger partial charge on any atom is -0.390 e. The van der Waals surface area contributed by atoms with Crippen LogP contribution in [0.1, 0.15) is 49.2 Å². The summed E-state index contributed by atoms with van der Waals surface area (Å²) in [5, 5.41) is 16.3. The topological polar surface area (TPSA) is 116 Å². The second kappa shape index (κ2) is 10.2. The van der Waals surface area contributed by atoms with Crippen LogP contribution in [0, 0.1) is 0 Å². The summed E-state index contributed by atoms with van der Waals surface area (Å²) in [4.78, 5) is 31.4. The van der Waals surface area contributed by atoms with Gasteiger partial charge in [-0.2, -0.15) is 4.98 Å². The van der Waals surface area contributed by atoms with Crippen LogP contribution in [0.4, 0.5) is 30.8 Å². The van der Waals surface area contributed by atoms with Crippen LogP contribution in [-0.4, -0.2) is 68.8 Å². The molecule has 0 bridgehead atoms. The van der Waals surface area contributed by atoms with Crippen LogP contribution < -0.4 is 15.5 Å². The zero-order chi connectivity index (χ0) is 26.0.